The van der Waals surface area contributed by atoms with Crippen molar-refractivity contribution in [1.82, 2.24) is 9.47 Å². The maximum absolute atomic E-state index is 14.2. The van der Waals surface area contributed by atoms with Crippen LogP contribution in [0.25, 0.3) is 17.0 Å². The van der Waals surface area contributed by atoms with Crippen LogP contribution in [-0.2, 0) is 16.1 Å². The first-order chi connectivity index (χ1) is 14.4. The Kier molecular flexibility index (Phi) is 5.17. The molecule has 3 aromatic rings. The number of nitrogens with zero attached hydrogens (tertiary/aromatic N) is 2. The minimum Gasteiger partial charge on any atom is -0.480 e. The number of carboxylic acids is 1. The molecule has 4 rings (SSSR count). The third kappa shape index (κ3) is 3.50. The van der Waals surface area contributed by atoms with Gasteiger partial charge in [-0.15, -0.1) is 0 Å². The number of rotatable bonds is 5. The van der Waals surface area contributed by atoms with E-state index in [4.69, 9.17) is 5.11 Å². The second-order valence-corrected chi connectivity index (χ2v) is 7.85. The number of carbonyl (C=O) groups excluding carboxylic acids is 2. The summed E-state index contributed by atoms with van der Waals surface area (Å²) in [5.74, 6) is -2.18. The Bertz CT molecular complexity index is 1230. The molecule has 152 valence electrons. The Labute approximate surface area is 175 Å². The van der Waals surface area contributed by atoms with Crippen LogP contribution in [0, 0.1) is 12.7 Å². The average Bonchev–Trinajstić information content (AvgIpc) is 3.12. The third-order valence-electron chi connectivity index (χ3n) is 5.01. The average molecular weight is 424 g/mol. The number of aromatic nitrogens is 1. The van der Waals surface area contributed by atoms with Gasteiger partial charge < -0.3 is 9.67 Å². The highest BCUT2D eigenvalue weighted by Gasteiger charge is 2.36. The van der Waals surface area contributed by atoms with Gasteiger partial charge in [0, 0.05) is 27.7 Å². The molecule has 2 heterocycles. The number of aliphatic carboxylic acids is 1. The minimum atomic E-state index is -1.25. The number of amides is 2. The quantitative estimate of drug-likeness (QED) is 0.619. The number of fused-ring (bicyclic) bond motifs is 1. The number of halogens is 1. The topological polar surface area (TPSA) is 79.6 Å². The van der Waals surface area contributed by atoms with Crippen molar-refractivity contribution in [2.75, 3.05) is 6.54 Å². The molecular formula is C22H17FN2O4S. The highest BCUT2D eigenvalue weighted by molar-refractivity contribution is 8.18. The predicted octanol–water partition coefficient (Wildman–Crippen LogP) is 4.26. The van der Waals surface area contributed by atoms with Crippen molar-refractivity contribution in [3.8, 4) is 0 Å². The van der Waals surface area contributed by atoms with Crippen LogP contribution < -0.4 is 0 Å². The van der Waals surface area contributed by atoms with Crippen LogP contribution in [0.5, 0.6) is 0 Å². The maximum atomic E-state index is 14.2. The Balaban J connectivity index is 1.79. The van der Waals surface area contributed by atoms with Crippen molar-refractivity contribution in [2.45, 2.75) is 13.5 Å². The number of para-hydroxylation sites is 1. The smallest absolute Gasteiger partial charge is 0.323 e. The Hall–Kier alpha value is -3.39. The van der Waals surface area contributed by atoms with E-state index in [0.717, 1.165) is 33.9 Å². The Morgan fingerprint density at radius 3 is 2.57 bits per heavy atom. The lowest BCUT2D eigenvalue weighted by Crippen LogP contribution is -2.33. The van der Waals surface area contributed by atoms with Crippen LogP contribution in [-0.4, -0.2) is 38.2 Å². The summed E-state index contributed by atoms with van der Waals surface area (Å²) in [6, 6.07) is 14.1. The van der Waals surface area contributed by atoms with Gasteiger partial charge in [-0.05, 0) is 36.9 Å². The van der Waals surface area contributed by atoms with Crippen LogP contribution in [0.2, 0.25) is 0 Å². The largest absolute Gasteiger partial charge is 0.480 e. The summed E-state index contributed by atoms with van der Waals surface area (Å²) in [6.07, 6.45) is 1.61. The molecule has 2 aromatic carbocycles. The summed E-state index contributed by atoms with van der Waals surface area (Å²) >= 11 is 0.718. The van der Waals surface area contributed by atoms with E-state index in [1.54, 1.807) is 24.3 Å². The van der Waals surface area contributed by atoms with Crippen molar-refractivity contribution in [3.05, 3.63) is 76.1 Å². The second kappa shape index (κ2) is 7.79. The Morgan fingerprint density at radius 2 is 1.83 bits per heavy atom. The lowest BCUT2D eigenvalue weighted by molar-refractivity contribution is -0.140. The van der Waals surface area contributed by atoms with Crippen LogP contribution in [0.4, 0.5) is 9.18 Å². The standard InChI is InChI=1S/C22H17FN2O4S/c1-13-16(10-19-21(28)25(12-20(26)27)22(29)30-19)15-7-3-5-9-18(15)24(13)11-14-6-2-4-8-17(14)23/h2-10H,11-12H2,1H3,(H,26,27)/b19-10+. The molecule has 0 radical (unpaired) electrons. The molecule has 0 saturated carbocycles. The van der Waals surface area contributed by atoms with E-state index in [0.29, 0.717) is 17.0 Å². The molecule has 1 aliphatic rings. The zero-order valence-electron chi connectivity index (χ0n) is 16.0. The molecule has 1 aromatic heterocycles. The van der Waals surface area contributed by atoms with E-state index in [1.807, 2.05) is 35.8 Å². The minimum absolute atomic E-state index is 0.165. The zero-order chi connectivity index (χ0) is 21.4. The molecule has 1 aliphatic heterocycles. The first kappa shape index (κ1) is 19.9. The molecule has 0 atom stereocenters. The highest BCUT2D eigenvalue weighted by Crippen LogP contribution is 2.35. The number of imide groups is 1. The summed E-state index contributed by atoms with van der Waals surface area (Å²) in [4.78, 5) is 36.4. The van der Waals surface area contributed by atoms with E-state index < -0.39 is 23.7 Å². The highest BCUT2D eigenvalue weighted by atomic mass is 32.2. The molecule has 0 unspecified atom stereocenters. The first-order valence-electron chi connectivity index (χ1n) is 9.15. The molecule has 0 bridgehead atoms. The lowest BCUT2D eigenvalue weighted by atomic mass is 10.1. The maximum Gasteiger partial charge on any atom is 0.323 e. The molecule has 6 nitrogen and oxygen atoms in total. The van der Waals surface area contributed by atoms with Gasteiger partial charge in [0.1, 0.15) is 12.4 Å². The zero-order valence-corrected chi connectivity index (χ0v) is 16.8. The summed E-state index contributed by atoms with van der Waals surface area (Å²) in [5, 5.41) is 9.18. The fourth-order valence-corrected chi connectivity index (χ4v) is 4.36. The lowest BCUT2D eigenvalue weighted by Gasteiger charge is -2.09. The summed E-state index contributed by atoms with van der Waals surface area (Å²) in [5.41, 5.74) is 2.95. The number of hydrogen-bond donors (Lipinski definition) is 1. The van der Waals surface area contributed by atoms with Gasteiger partial charge in [-0.2, -0.15) is 0 Å². The van der Waals surface area contributed by atoms with Gasteiger partial charge in [0.15, 0.2) is 0 Å². The molecule has 8 heteroatoms. The second-order valence-electron chi connectivity index (χ2n) is 6.86. The number of benzene rings is 2. The molecule has 30 heavy (non-hydrogen) atoms. The Morgan fingerprint density at radius 1 is 1.13 bits per heavy atom. The van der Waals surface area contributed by atoms with E-state index in [2.05, 4.69) is 0 Å². The van der Waals surface area contributed by atoms with Crippen molar-refractivity contribution >= 4 is 45.9 Å². The van der Waals surface area contributed by atoms with Gasteiger partial charge in [0.25, 0.3) is 11.1 Å². The van der Waals surface area contributed by atoms with Crippen molar-refractivity contribution in [3.63, 3.8) is 0 Å². The SMILES string of the molecule is Cc1c(/C=C2/SC(=O)N(CC(=O)O)C2=O)c2ccccc2n1Cc1ccccc1F. The van der Waals surface area contributed by atoms with Gasteiger partial charge >= 0.3 is 5.97 Å². The van der Waals surface area contributed by atoms with Crippen molar-refractivity contribution < 1.29 is 23.9 Å². The number of carbonyl (C=O) groups is 3. The predicted molar refractivity (Wildman–Crippen MR) is 112 cm³/mol. The fraction of sp³-hybridized carbons (Fsp3) is 0.136. The number of thioether (sulfide) groups is 1. The first-order valence-corrected chi connectivity index (χ1v) is 9.97. The van der Waals surface area contributed by atoms with Crippen molar-refractivity contribution in [1.29, 1.82) is 0 Å². The monoisotopic (exact) mass is 424 g/mol. The third-order valence-corrected chi connectivity index (χ3v) is 5.92. The van der Waals surface area contributed by atoms with Crippen LogP contribution in [0.1, 0.15) is 16.8 Å². The van der Waals surface area contributed by atoms with Gasteiger partial charge in [0.2, 0.25) is 0 Å². The molecule has 1 N–H and O–H groups in total. The van der Waals surface area contributed by atoms with Gasteiger partial charge in [-0.25, -0.2) is 4.39 Å². The molecule has 0 spiro atoms. The van der Waals surface area contributed by atoms with Crippen LogP contribution >= 0.6 is 11.8 Å². The van der Waals surface area contributed by atoms with Crippen LogP contribution in [0.15, 0.2) is 53.4 Å². The number of hydrogen-bond acceptors (Lipinski definition) is 4. The number of carboxylic acid groups (broad SMARTS) is 1. The summed E-state index contributed by atoms with van der Waals surface area (Å²) in [6.45, 7) is 1.51. The summed E-state index contributed by atoms with van der Waals surface area (Å²) in [7, 11) is 0. The van der Waals surface area contributed by atoms with Crippen LogP contribution in [0.3, 0.4) is 0 Å². The van der Waals surface area contributed by atoms with E-state index in [9.17, 15) is 18.8 Å². The van der Waals surface area contributed by atoms with E-state index >= 15 is 0 Å². The van der Waals surface area contributed by atoms with E-state index in [1.165, 1.54) is 6.07 Å². The molecule has 1 saturated heterocycles. The van der Waals surface area contributed by atoms with Gasteiger partial charge in [0.05, 0.1) is 11.4 Å². The normalized spacial score (nSPS) is 15.5. The van der Waals surface area contributed by atoms with Crippen molar-refractivity contribution in [2.24, 2.45) is 0 Å². The fourth-order valence-electron chi connectivity index (χ4n) is 3.54. The van der Waals surface area contributed by atoms with Gasteiger partial charge in [-0.3, -0.25) is 19.3 Å². The molecule has 2 amide bonds. The summed E-state index contributed by atoms with van der Waals surface area (Å²) < 4.78 is 16.2. The molecule has 1 fully saturated rings. The molecular weight excluding hydrogens is 407 g/mol. The molecule has 0 aliphatic carbocycles. The van der Waals surface area contributed by atoms with E-state index in [-0.39, 0.29) is 10.7 Å². The van der Waals surface area contributed by atoms with Gasteiger partial charge in [-0.1, -0.05) is 36.4 Å².